The van der Waals surface area contributed by atoms with E-state index in [2.05, 4.69) is 27.1 Å². The van der Waals surface area contributed by atoms with Crippen LogP contribution < -0.4 is 19.7 Å². The van der Waals surface area contributed by atoms with Gasteiger partial charge in [0.1, 0.15) is 47.9 Å². The monoisotopic (exact) mass is 571 g/mol. The van der Waals surface area contributed by atoms with Crippen molar-refractivity contribution in [2.45, 2.75) is 10.5 Å². The number of fused-ring (bicyclic) bond motifs is 1. The maximum absolute atomic E-state index is 12.9. The van der Waals surface area contributed by atoms with Crippen molar-refractivity contribution < 1.29 is 25.9 Å². The molecule has 0 aliphatic carbocycles. The van der Waals surface area contributed by atoms with Gasteiger partial charge in [-0.05, 0) is 56.4 Å². The molecule has 1 aliphatic heterocycles. The average molecular weight is 572 g/mol. The molecule has 0 radical (unpaired) electrons. The Morgan fingerprint density at radius 3 is 2.30 bits per heavy atom. The minimum Gasteiger partial charge on any atom is -0.484 e. The van der Waals surface area contributed by atoms with E-state index in [-0.39, 0.29) is 18.3 Å². The lowest BCUT2D eigenvalue weighted by Crippen LogP contribution is -2.45. The first-order valence-corrected chi connectivity index (χ1v) is 13.3. The highest BCUT2D eigenvalue weighted by Crippen LogP contribution is 2.49. The lowest BCUT2D eigenvalue weighted by atomic mass is 10.1. The number of likely N-dealkylation sites (N-methyl/N-ethyl adjacent to an activating group) is 1. The minimum atomic E-state index is -2.39. The normalized spacial score (nSPS) is 14.6. The van der Waals surface area contributed by atoms with E-state index in [1.165, 1.54) is 24.3 Å². The Kier molecular flexibility index (Phi) is 9.16. The van der Waals surface area contributed by atoms with Gasteiger partial charge in [0.15, 0.2) is 6.61 Å². The van der Waals surface area contributed by atoms with Crippen LogP contribution in [0.25, 0.3) is 10.9 Å². The van der Waals surface area contributed by atoms with Crippen LogP contribution in [0.1, 0.15) is 5.69 Å². The summed E-state index contributed by atoms with van der Waals surface area (Å²) in [6.07, 6.45) is 0. The van der Waals surface area contributed by atoms with Crippen LogP contribution in [-0.4, -0.2) is 64.2 Å². The van der Waals surface area contributed by atoms with Gasteiger partial charge in [-0.2, -0.15) is 11.7 Å². The molecule has 37 heavy (non-hydrogen) atoms. The van der Waals surface area contributed by atoms with Gasteiger partial charge in [0.2, 0.25) is 5.95 Å². The number of carbonyl (C=O) groups excluding carboxylic acids is 1. The molecule has 1 N–H and O–H groups in total. The number of hydrogen-bond donors (Lipinski definition) is 1. The molecule has 198 valence electrons. The van der Waals surface area contributed by atoms with Crippen LogP contribution in [0.4, 0.5) is 23.3 Å². The zero-order valence-electron chi connectivity index (χ0n) is 19.9. The third-order valence-corrected chi connectivity index (χ3v) is 7.62. The molecule has 0 bridgehead atoms. The number of halogens is 3. The summed E-state index contributed by atoms with van der Waals surface area (Å²) < 4.78 is 46.7. The number of amides is 1. The number of carbonyl (C=O) groups is 1. The minimum absolute atomic E-state index is 0.0294. The van der Waals surface area contributed by atoms with Crippen molar-refractivity contribution in [3.05, 3.63) is 48.2 Å². The van der Waals surface area contributed by atoms with Gasteiger partial charge in [0.05, 0.1) is 11.2 Å². The van der Waals surface area contributed by atoms with Crippen LogP contribution >= 0.6 is 36.4 Å². The first-order chi connectivity index (χ1) is 17.8. The van der Waals surface area contributed by atoms with Crippen LogP contribution in [0.2, 0.25) is 0 Å². The molecule has 2 aromatic carbocycles. The molecule has 1 fully saturated rings. The summed E-state index contributed by atoms with van der Waals surface area (Å²) in [4.78, 5) is 26.3. The summed E-state index contributed by atoms with van der Waals surface area (Å²) in [7, 11) is 2.10. The molecular weight excluding hydrogens is 547 g/mol. The number of hydrogen-bond acceptors (Lipinski definition) is 10. The maximum Gasteiger partial charge on any atom is 0.338 e. The molecule has 14 heteroatoms. The number of aryl methyl sites for hydroxylation is 1. The fraction of sp³-hybridized carbons (Fsp3) is 0.348. The van der Waals surface area contributed by atoms with Gasteiger partial charge in [-0.15, -0.1) is 0 Å². The van der Waals surface area contributed by atoms with Crippen LogP contribution in [0.5, 0.6) is 11.5 Å². The van der Waals surface area contributed by atoms with Crippen LogP contribution in [0, 0.1) is 6.92 Å². The Balaban J connectivity index is 1.34. The molecule has 3 aromatic rings. The van der Waals surface area contributed by atoms with Crippen LogP contribution in [-0.2, 0) is 4.79 Å². The van der Waals surface area contributed by atoms with Crippen molar-refractivity contribution in [3.8, 4) is 11.5 Å². The summed E-state index contributed by atoms with van der Waals surface area (Å²) in [6.45, 7) is 5.30. The summed E-state index contributed by atoms with van der Waals surface area (Å²) >= 11 is -1.81. The number of anilines is 2. The molecule has 8 nitrogen and oxygen atoms in total. The van der Waals surface area contributed by atoms with Crippen LogP contribution in [0.3, 0.4) is 0 Å². The van der Waals surface area contributed by atoms with E-state index in [4.69, 9.17) is 14.5 Å². The number of nitrogens with zero attached hydrogens (tertiary/aromatic N) is 4. The van der Waals surface area contributed by atoms with E-state index >= 15 is 0 Å². The highest BCUT2D eigenvalue weighted by atomic mass is 32.3. The second kappa shape index (κ2) is 12.3. The fourth-order valence-electron chi connectivity index (χ4n) is 3.67. The predicted molar refractivity (Wildman–Crippen MR) is 144 cm³/mol. The van der Waals surface area contributed by atoms with E-state index in [9.17, 15) is 16.5 Å². The Morgan fingerprint density at radius 1 is 1.00 bits per heavy atom. The first-order valence-electron chi connectivity index (χ1n) is 11.2. The molecule has 1 aliphatic rings. The summed E-state index contributed by atoms with van der Waals surface area (Å²) in [5, 5.41) is 3.63. The molecule has 1 aromatic heterocycles. The van der Waals surface area contributed by atoms with Crippen molar-refractivity contribution in [2.24, 2.45) is 0 Å². The molecular formula is C23H24F3N5O3S3. The third-order valence-electron chi connectivity index (χ3n) is 5.66. The Morgan fingerprint density at radius 2 is 1.65 bits per heavy atom. The van der Waals surface area contributed by atoms with E-state index < -0.39 is 40.0 Å². The van der Waals surface area contributed by atoms with Gasteiger partial charge >= 0.3 is 3.60 Å². The molecule has 2 heterocycles. The van der Waals surface area contributed by atoms with E-state index in [0.717, 1.165) is 42.8 Å². The highest BCUT2D eigenvalue weighted by molar-refractivity contribution is 8.29. The SMILES string of the molecule is Cc1nc(N2CCN(C)CC2)nc2ccc(NC(=O)COc3ccc(OC(SF)(SF)SF)cc3)cc12. The molecule has 1 amide bonds. The third kappa shape index (κ3) is 6.86. The predicted octanol–water partition coefficient (Wildman–Crippen LogP) is 5.55. The number of nitrogens with one attached hydrogen (secondary N) is 1. The number of piperazine rings is 1. The van der Waals surface area contributed by atoms with Gasteiger partial charge in [0, 0.05) is 37.3 Å². The molecule has 4 rings (SSSR count). The Labute approximate surface area is 225 Å². The van der Waals surface area contributed by atoms with Crippen molar-refractivity contribution in [2.75, 3.05) is 50.1 Å². The molecule has 1 saturated heterocycles. The highest BCUT2D eigenvalue weighted by Gasteiger charge is 2.40. The lowest BCUT2D eigenvalue weighted by Gasteiger charge is -2.32. The summed E-state index contributed by atoms with van der Waals surface area (Å²) in [5.74, 6) is 0.673. The second-order valence-corrected chi connectivity index (χ2v) is 11.2. The maximum atomic E-state index is 12.9. The Bertz CT molecular complexity index is 1220. The number of benzene rings is 2. The van der Waals surface area contributed by atoms with Crippen LogP contribution in [0.15, 0.2) is 42.5 Å². The van der Waals surface area contributed by atoms with Gasteiger partial charge < -0.3 is 24.6 Å². The van der Waals surface area contributed by atoms with Crippen molar-refractivity contribution in [1.82, 2.24) is 14.9 Å². The largest absolute Gasteiger partial charge is 0.484 e. The van der Waals surface area contributed by atoms with Crippen molar-refractivity contribution in [3.63, 3.8) is 0 Å². The summed E-state index contributed by atoms with van der Waals surface area (Å²) in [5.41, 5.74) is 2.20. The molecule has 0 saturated carbocycles. The topological polar surface area (TPSA) is 79.8 Å². The van der Waals surface area contributed by atoms with Gasteiger partial charge in [-0.25, -0.2) is 9.97 Å². The van der Waals surface area contributed by atoms with Gasteiger partial charge in [0.25, 0.3) is 5.91 Å². The van der Waals surface area contributed by atoms with Gasteiger partial charge in [-0.1, -0.05) is 0 Å². The van der Waals surface area contributed by atoms with Gasteiger partial charge in [-0.3, -0.25) is 4.79 Å². The van der Waals surface area contributed by atoms with E-state index in [0.29, 0.717) is 17.4 Å². The lowest BCUT2D eigenvalue weighted by molar-refractivity contribution is -0.118. The number of ether oxygens (including phenoxy) is 2. The van der Waals surface area contributed by atoms with Crippen molar-refractivity contribution in [1.29, 1.82) is 0 Å². The van der Waals surface area contributed by atoms with Crippen molar-refractivity contribution >= 4 is 64.9 Å². The Hall–Kier alpha value is -2.55. The first kappa shape index (κ1) is 27.5. The second-order valence-electron chi connectivity index (χ2n) is 8.27. The quantitative estimate of drug-likeness (QED) is 0.313. The number of aromatic nitrogens is 2. The average Bonchev–Trinajstić information content (AvgIpc) is 2.92. The zero-order valence-corrected chi connectivity index (χ0v) is 22.4. The van der Waals surface area contributed by atoms with E-state index in [1.54, 1.807) is 6.07 Å². The summed E-state index contributed by atoms with van der Waals surface area (Å²) in [6, 6.07) is 11.0. The number of rotatable bonds is 10. The standard InChI is InChI=1S/C23H24F3N5O3S3/c1-15-19-13-16(3-8-20(19)29-22(27-15)31-11-9-30(2)10-12-31)28-21(32)14-33-17-4-6-18(7-5-17)34-23(35-24,36-25)37-26/h3-8,13H,9-12,14H2,1-2H3,(H,28,32). The smallest absolute Gasteiger partial charge is 0.338 e. The fourth-order valence-corrected chi connectivity index (χ4v) is 4.34. The molecule has 0 atom stereocenters. The molecule has 0 spiro atoms. The zero-order chi connectivity index (χ0) is 26.4. The van der Waals surface area contributed by atoms with E-state index in [1.807, 2.05) is 19.1 Å². The molecule has 0 unspecified atom stereocenters.